The van der Waals surface area contributed by atoms with E-state index in [0.717, 1.165) is 0 Å². The van der Waals surface area contributed by atoms with Gasteiger partial charge in [-0.05, 0) is 19.1 Å². The van der Waals surface area contributed by atoms with Gasteiger partial charge in [0.05, 0.1) is 12.2 Å². The SMILES string of the molecule is Cc1nc(N)sc1C(=O)N(C)CCOc1cccc(F)c1. The molecular weight excluding hydrogens is 293 g/mol. The van der Waals surface area contributed by atoms with Gasteiger partial charge < -0.3 is 15.4 Å². The van der Waals surface area contributed by atoms with Crippen LogP contribution in [0, 0.1) is 12.7 Å². The lowest BCUT2D eigenvalue weighted by Crippen LogP contribution is -2.30. The molecule has 1 heterocycles. The first-order valence-corrected chi connectivity index (χ1v) is 7.15. The van der Waals surface area contributed by atoms with E-state index in [2.05, 4.69) is 4.98 Å². The lowest BCUT2D eigenvalue weighted by molar-refractivity contribution is 0.0777. The monoisotopic (exact) mass is 309 g/mol. The molecule has 1 aromatic carbocycles. The molecule has 5 nitrogen and oxygen atoms in total. The fourth-order valence-electron chi connectivity index (χ4n) is 1.75. The fourth-order valence-corrected chi connectivity index (χ4v) is 2.58. The van der Waals surface area contributed by atoms with E-state index in [1.54, 1.807) is 26.1 Å². The summed E-state index contributed by atoms with van der Waals surface area (Å²) in [5.74, 6) is -0.0636. The Morgan fingerprint density at radius 3 is 2.90 bits per heavy atom. The van der Waals surface area contributed by atoms with Crippen LogP contribution in [0.1, 0.15) is 15.4 Å². The molecule has 2 aromatic rings. The van der Waals surface area contributed by atoms with Gasteiger partial charge in [0.15, 0.2) is 5.13 Å². The second kappa shape index (κ2) is 6.53. The molecule has 0 aliphatic rings. The van der Waals surface area contributed by atoms with Crippen LogP contribution in [0.2, 0.25) is 0 Å². The van der Waals surface area contributed by atoms with Gasteiger partial charge in [0.25, 0.3) is 5.91 Å². The van der Waals surface area contributed by atoms with Crippen molar-refractivity contribution >= 4 is 22.4 Å². The normalized spacial score (nSPS) is 10.4. The van der Waals surface area contributed by atoms with E-state index in [1.165, 1.54) is 28.4 Å². The summed E-state index contributed by atoms with van der Waals surface area (Å²) in [6.45, 7) is 2.41. The predicted molar refractivity (Wildman–Crippen MR) is 80.1 cm³/mol. The molecule has 7 heteroatoms. The van der Waals surface area contributed by atoms with Crippen LogP contribution in [-0.2, 0) is 0 Å². The Hall–Kier alpha value is -2.15. The van der Waals surface area contributed by atoms with Crippen LogP contribution in [0.4, 0.5) is 9.52 Å². The highest BCUT2D eigenvalue weighted by atomic mass is 32.1. The average molecular weight is 309 g/mol. The standard InChI is InChI=1S/C14H16FN3O2S/c1-9-12(21-14(16)17-9)13(19)18(2)6-7-20-11-5-3-4-10(15)8-11/h3-5,8H,6-7H2,1-2H3,(H2,16,17). The topological polar surface area (TPSA) is 68.5 Å². The van der Waals surface area contributed by atoms with E-state index in [4.69, 9.17) is 10.5 Å². The first-order valence-electron chi connectivity index (χ1n) is 6.34. The number of amides is 1. The van der Waals surface area contributed by atoms with Gasteiger partial charge in [-0.15, -0.1) is 0 Å². The van der Waals surface area contributed by atoms with E-state index < -0.39 is 0 Å². The molecule has 0 spiro atoms. The third-order valence-corrected chi connectivity index (χ3v) is 3.82. The number of aryl methyl sites for hydroxylation is 1. The molecule has 2 N–H and O–H groups in total. The van der Waals surface area contributed by atoms with Crippen LogP contribution in [-0.4, -0.2) is 36.0 Å². The number of anilines is 1. The largest absolute Gasteiger partial charge is 0.492 e. The van der Waals surface area contributed by atoms with E-state index in [0.29, 0.717) is 28.0 Å². The molecule has 1 aromatic heterocycles. The van der Waals surface area contributed by atoms with Crippen molar-refractivity contribution in [3.63, 3.8) is 0 Å². The van der Waals surface area contributed by atoms with Gasteiger partial charge in [-0.2, -0.15) is 0 Å². The lowest BCUT2D eigenvalue weighted by atomic mass is 10.3. The first-order chi connectivity index (χ1) is 9.97. The molecule has 0 unspecified atom stereocenters. The second-order valence-corrected chi connectivity index (χ2v) is 5.53. The molecule has 0 aliphatic heterocycles. The first kappa shape index (κ1) is 15.2. The molecule has 0 radical (unpaired) electrons. The Kier molecular flexibility index (Phi) is 4.74. The third kappa shape index (κ3) is 3.91. The molecule has 0 saturated carbocycles. The number of likely N-dealkylation sites (N-methyl/N-ethyl adjacent to an activating group) is 1. The van der Waals surface area contributed by atoms with Crippen molar-refractivity contribution in [1.82, 2.24) is 9.88 Å². The molecule has 0 fully saturated rings. The summed E-state index contributed by atoms with van der Waals surface area (Å²) < 4.78 is 18.4. The number of nitrogen functional groups attached to an aromatic ring is 1. The summed E-state index contributed by atoms with van der Waals surface area (Å²) in [5.41, 5.74) is 6.21. The molecule has 21 heavy (non-hydrogen) atoms. The zero-order valence-corrected chi connectivity index (χ0v) is 12.6. The number of benzene rings is 1. The summed E-state index contributed by atoms with van der Waals surface area (Å²) in [5, 5.41) is 0.375. The molecule has 1 amide bonds. The van der Waals surface area contributed by atoms with E-state index in [-0.39, 0.29) is 18.3 Å². The third-order valence-electron chi connectivity index (χ3n) is 2.85. The Morgan fingerprint density at radius 1 is 1.52 bits per heavy atom. The molecule has 0 atom stereocenters. The van der Waals surface area contributed by atoms with Crippen LogP contribution >= 0.6 is 11.3 Å². The van der Waals surface area contributed by atoms with Crippen LogP contribution in [0.5, 0.6) is 5.75 Å². The number of hydrogen-bond donors (Lipinski definition) is 1. The van der Waals surface area contributed by atoms with Gasteiger partial charge >= 0.3 is 0 Å². The van der Waals surface area contributed by atoms with Gasteiger partial charge in [0, 0.05) is 13.1 Å². The number of nitrogens with two attached hydrogens (primary N) is 1. The Balaban J connectivity index is 1.88. The minimum Gasteiger partial charge on any atom is -0.492 e. The average Bonchev–Trinajstić information content (AvgIpc) is 2.77. The van der Waals surface area contributed by atoms with Crippen LogP contribution < -0.4 is 10.5 Å². The van der Waals surface area contributed by atoms with E-state index >= 15 is 0 Å². The molecule has 0 bridgehead atoms. The molecule has 0 saturated heterocycles. The number of thiazole rings is 1. The molecule has 112 valence electrons. The molecule has 0 aliphatic carbocycles. The zero-order chi connectivity index (χ0) is 15.4. The minimum atomic E-state index is -0.354. The molecule has 2 rings (SSSR count). The van der Waals surface area contributed by atoms with E-state index in [9.17, 15) is 9.18 Å². The number of halogens is 1. The van der Waals surface area contributed by atoms with Crippen LogP contribution in [0.15, 0.2) is 24.3 Å². The number of nitrogens with zero attached hydrogens (tertiary/aromatic N) is 2. The highest BCUT2D eigenvalue weighted by molar-refractivity contribution is 7.17. The van der Waals surface area contributed by atoms with Crippen molar-refractivity contribution in [1.29, 1.82) is 0 Å². The van der Waals surface area contributed by atoms with Gasteiger partial charge in [-0.1, -0.05) is 17.4 Å². The van der Waals surface area contributed by atoms with Crippen molar-refractivity contribution in [2.75, 3.05) is 25.9 Å². The maximum absolute atomic E-state index is 13.0. The highest BCUT2D eigenvalue weighted by Crippen LogP contribution is 2.21. The zero-order valence-electron chi connectivity index (χ0n) is 11.8. The highest BCUT2D eigenvalue weighted by Gasteiger charge is 2.18. The summed E-state index contributed by atoms with van der Waals surface area (Å²) in [7, 11) is 1.67. The van der Waals surface area contributed by atoms with Crippen molar-refractivity contribution in [2.45, 2.75) is 6.92 Å². The predicted octanol–water partition coefficient (Wildman–Crippen LogP) is 2.32. The number of aromatic nitrogens is 1. The Morgan fingerprint density at radius 2 is 2.29 bits per heavy atom. The summed E-state index contributed by atoms with van der Waals surface area (Å²) in [6.07, 6.45) is 0. The van der Waals surface area contributed by atoms with Gasteiger partial charge in [-0.3, -0.25) is 4.79 Å². The fraction of sp³-hybridized carbons (Fsp3) is 0.286. The number of carbonyl (C=O) groups excluding carboxylic acids is 1. The second-order valence-electron chi connectivity index (χ2n) is 4.50. The quantitative estimate of drug-likeness (QED) is 0.920. The maximum atomic E-state index is 13.0. The number of rotatable bonds is 5. The summed E-state index contributed by atoms with van der Waals surface area (Å²) in [6, 6.07) is 5.89. The van der Waals surface area contributed by atoms with Crippen LogP contribution in [0.3, 0.4) is 0 Å². The Labute approximate surface area is 126 Å². The summed E-state index contributed by atoms with van der Waals surface area (Å²) >= 11 is 1.17. The van der Waals surface area contributed by atoms with Crippen molar-refractivity contribution in [3.05, 3.63) is 40.7 Å². The van der Waals surface area contributed by atoms with Gasteiger partial charge in [-0.25, -0.2) is 9.37 Å². The van der Waals surface area contributed by atoms with Crippen molar-refractivity contribution < 1.29 is 13.9 Å². The number of ether oxygens (including phenoxy) is 1. The van der Waals surface area contributed by atoms with Gasteiger partial charge in [0.1, 0.15) is 23.1 Å². The summed E-state index contributed by atoms with van der Waals surface area (Å²) in [4.78, 5) is 18.3. The number of carbonyl (C=O) groups is 1. The minimum absolute atomic E-state index is 0.149. The van der Waals surface area contributed by atoms with Gasteiger partial charge in [0.2, 0.25) is 0 Å². The molecular formula is C14H16FN3O2S. The smallest absolute Gasteiger partial charge is 0.265 e. The number of hydrogen-bond acceptors (Lipinski definition) is 5. The maximum Gasteiger partial charge on any atom is 0.265 e. The van der Waals surface area contributed by atoms with Crippen LogP contribution in [0.25, 0.3) is 0 Å². The lowest BCUT2D eigenvalue weighted by Gasteiger charge is -2.16. The van der Waals surface area contributed by atoms with Crippen molar-refractivity contribution in [2.24, 2.45) is 0 Å². The van der Waals surface area contributed by atoms with E-state index in [1.807, 2.05) is 0 Å². The Bertz CT molecular complexity index is 645. The van der Waals surface area contributed by atoms with Crippen molar-refractivity contribution in [3.8, 4) is 5.75 Å².